The van der Waals surface area contributed by atoms with Gasteiger partial charge in [0.1, 0.15) is 5.75 Å². The average Bonchev–Trinajstić information content (AvgIpc) is 2.83. The Balaban J connectivity index is 2.20. The number of nitrogens with zero attached hydrogens (tertiary/aromatic N) is 2. The molecule has 1 aromatic heterocycles. The van der Waals surface area contributed by atoms with Crippen molar-refractivity contribution >= 4 is 17.3 Å². The Kier molecular flexibility index (Phi) is 3.47. The lowest BCUT2D eigenvalue weighted by Gasteiger charge is -2.22. The molecule has 0 bridgehead atoms. The van der Waals surface area contributed by atoms with Gasteiger partial charge in [-0.3, -0.25) is 4.79 Å². The first-order chi connectivity index (χ1) is 9.74. The fourth-order valence-electron chi connectivity index (χ4n) is 3.25. The van der Waals surface area contributed by atoms with Gasteiger partial charge in [-0.05, 0) is 30.4 Å². The molecule has 0 unspecified atom stereocenters. The second kappa shape index (κ2) is 5.27. The fourth-order valence-corrected chi connectivity index (χ4v) is 3.25. The van der Waals surface area contributed by atoms with Gasteiger partial charge < -0.3 is 9.30 Å². The highest BCUT2D eigenvalue weighted by atomic mass is 16.5. The Hall–Kier alpha value is -1.84. The number of hydrogen-bond donors (Lipinski definition) is 0. The molecule has 0 N–H and O–H groups in total. The van der Waals surface area contributed by atoms with Crippen LogP contribution in [-0.4, -0.2) is 22.9 Å². The van der Waals surface area contributed by atoms with Gasteiger partial charge in [-0.25, -0.2) is 4.98 Å². The van der Waals surface area contributed by atoms with Crippen LogP contribution in [0.15, 0.2) is 12.1 Å². The molecule has 4 nitrogen and oxygen atoms in total. The number of ether oxygens (including phenoxy) is 1. The highest BCUT2D eigenvalue weighted by molar-refractivity contribution is 5.86. The highest BCUT2D eigenvalue weighted by Crippen LogP contribution is 2.38. The van der Waals surface area contributed by atoms with Crippen LogP contribution in [0.5, 0.6) is 5.75 Å². The summed E-state index contributed by atoms with van der Waals surface area (Å²) in [5.74, 6) is 1.86. The van der Waals surface area contributed by atoms with Crippen LogP contribution >= 0.6 is 0 Å². The molecule has 0 radical (unpaired) electrons. The summed E-state index contributed by atoms with van der Waals surface area (Å²) in [4.78, 5) is 15.6. The van der Waals surface area contributed by atoms with Gasteiger partial charge in [0.05, 0.1) is 18.1 Å². The van der Waals surface area contributed by atoms with E-state index >= 15 is 0 Å². The molecule has 1 fully saturated rings. The van der Waals surface area contributed by atoms with E-state index in [-0.39, 0.29) is 0 Å². The number of aromatic nitrogens is 2. The number of hydrogen-bond acceptors (Lipinski definition) is 3. The number of fused-ring (bicyclic) bond motifs is 1. The minimum absolute atomic E-state index is 0.477. The van der Waals surface area contributed by atoms with Crippen LogP contribution in [0, 0.1) is 0 Å². The molecule has 0 spiro atoms. The maximum atomic E-state index is 11.1. The average molecular weight is 272 g/mol. The monoisotopic (exact) mass is 272 g/mol. The molecule has 1 heterocycles. The summed E-state index contributed by atoms with van der Waals surface area (Å²) >= 11 is 0. The number of rotatable bonds is 3. The van der Waals surface area contributed by atoms with Gasteiger partial charge in [-0.15, -0.1) is 0 Å². The Morgan fingerprint density at radius 2 is 2.05 bits per heavy atom. The summed E-state index contributed by atoms with van der Waals surface area (Å²) in [6.45, 7) is 0. The molecule has 0 aliphatic heterocycles. The standard InChI is InChI=1S/C16H20N2O2/c1-18-14-9-12(20-2)8-13(11-6-4-3-5-7-11)16(14)17-15(18)10-19/h8-11H,3-7H2,1-2H3. The van der Waals surface area contributed by atoms with Crippen LogP contribution in [-0.2, 0) is 7.05 Å². The second-order valence-corrected chi connectivity index (χ2v) is 5.57. The van der Waals surface area contributed by atoms with Gasteiger partial charge in [0, 0.05) is 13.1 Å². The minimum Gasteiger partial charge on any atom is -0.497 e. The Morgan fingerprint density at radius 1 is 1.30 bits per heavy atom. The summed E-state index contributed by atoms with van der Waals surface area (Å²) in [6.07, 6.45) is 7.10. The zero-order valence-corrected chi connectivity index (χ0v) is 12.1. The molecule has 1 aromatic carbocycles. The van der Waals surface area contributed by atoms with E-state index in [1.165, 1.54) is 37.7 Å². The molecule has 20 heavy (non-hydrogen) atoms. The van der Waals surface area contributed by atoms with Crippen molar-refractivity contribution < 1.29 is 9.53 Å². The van der Waals surface area contributed by atoms with Crippen molar-refractivity contribution in [3.63, 3.8) is 0 Å². The van der Waals surface area contributed by atoms with Gasteiger partial charge in [-0.2, -0.15) is 0 Å². The second-order valence-electron chi connectivity index (χ2n) is 5.57. The van der Waals surface area contributed by atoms with Crippen molar-refractivity contribution in [3.05, 3.63) is 23.5 Å². The number of aldehydes is 1. The third-order valence-electron chi connectivity index (χ3n) is 4.41. The van der Waals surface area contributed by atoms with E-state index in [4.69, 9.17) is 4.74 Å². The van der Waals surface area contributed by atoms with Crippen LogP contribution in [0.4, 0.5) is 0 Å². The largest absolute Gasteiger partial charge is 0.497 e. The highest BCUT2D eigenvalue weighted by Gasteiger charge is 2.21. The molecule has 0 amide bonds. The maximum Gasteiger partial charge on any atom is 0.185 e. The van der Waals surface area contributed by atoms with Gasteiger partial charge in [0.2, 0.25) is 0 Å². The molecule has 4 heteroatoms. The Bertz CT molecular complexity index is 639. The minimum atomic E-state index is 0.477. The molecular weight excluding hydrogens is 252 g/mol. The van der Waals surface area contributed by atoms with E-state index < -0.39 is 0 Å². The topological polar surface area (TPSA) is 44.1 Å². The van der Waals surface area contributed by atoms with Crippen molar-refractivity contribution in [1.82, 2.24) is 9.55 Å². The van der Waals surface area contributed by atoms with Crippen LogP contribution in [0.1, 0.15) is 54.2 Å². The number of methoxy groups -OCH3 is 1. The molecule has 1 saturated carbocycles. The van der Waals surface area contributed by atoms with Crippen LogP contribution in [0.2, 0.25) is 0 Å². The molecule has 106 valence electrons. The summed E-state index contributed by atoms with van der Waals surface area (Å²) in [5.41, 5.74) is 3.18. The zero-order chi connectivity index (χ0) is 14.1. The first-order valence-electron chi connectivity index (χ1n) is 7.24. The lowest BCUT2D eigenvalue weighted by atomic mass is 9.83. The van der Waals surface area contributed by atoms with Crippen molar-refractivity contribution in [2.45, 2.75) is 38.0 Å². The van der Waals surface area contributed by atoms with Crippen LogP contribution < -0.4 is 4.74 Å². The molecular formula is C16H20N2O2. The van der Waals surface area contributed by atoms with Crippen molar-refractivity contribution in [3.8, 4) is 5.75 Å². The Morgan fingerprint density at radius 3 is 2.70 bits per heavy atom. The first-order valence-corrected chi connectivity index (χ1v) is 7.24. The normalized spacial score (nSPS) is 16.5. The molecule has 0 saturated heterocycles. The number of aryl methyl sites for hydroxylation is 1. The van der Waals surface area contributed by atoms with Crippen molar-refractivity contribution in [2.24, 2.45) is 7.05 Å². The number of benzene rings is 1. The van der Waals surface area contributed by atoms with Crippen LogP contribution in [0.25, 0.3) is 11.0 Å². The summed E-state index contributed by atoms with van der Waals surface area (Å²) in [5, 5.41) is 0. The van der Waals surface area contributed by atoms with E-state index in [0.29, 0.717) is 11.7 Å². The van der Waals surface area contributed by atoms with Gasteiger partial charge in [0.15, 0.2) is 12.1 Å². The molecule has 3 rings (SSSR count). The smallest absolute Gasteiger partial charge is 0.185 e. The zero-order valence-electron chi connectivity index (χ0n) is 12.1. The quantitative estimate of drug-likeness (QED) is 0.804. The van der Waals surface area contributed by atoms with Gasteiger partial charge >= 0.3 is 0 Å². The summed E-state index contributed by atoms with van der Waals surface area (Å²) in [7, 11) is 3.56. The van der Waals surface area contributed by atoms with Crippen molar-refractivity contribution in [2.75, 3.05) is 7.11 Å². The summed E-state index contributed by atoms with van der Waals surface area (Å²) < 4.78 is 7.27. The van der Waals surface area contributed by atoms with E-state index in [1.54, 1.807) is 7.11 Å². The van der Waals surface area contributed by atoms with Crippen molar-refractivity contribution in [1.29, 1.82) is 0 Å². The lowest BCUT2D eigenvalue weighted by Crippen LogP contribution is -2.05. The predicted octanol–water partition coefficient (Wildman–Crippen LogP) is 3.44. The third kappa shape index (κ3) is 2.09. The van der Waals surface area contributed by atoms with E-state index in [1.807, 2.05) is 17.7 Å². The predicted molar refractivity (Wildman–Crippen MR) is 78.5 cm³/mol. The summed E-state index contributed by atoms with van der Waals surface area (Å²) in [6, 6.07) is 4.06. The molecule has 0 atom stereocenters. The fraction of sp³-hybridized carbons (Fsp3) is 0.500. The molecule has 1 aliphatic rings. The Labute approximate surface area is 118 Å². The lowest BCUT2D eigenvalue weighted by molar-refractivity contribution is 0.111. The van der Waals surface area contributed by atoms with Gasteiger partial charge in [0.25, 0.3) is 0 Å². The third-order valence-corrected chi connectivity index (χ3v) is 4.41. The van der Waals surface area contributed by atoms with Gasteiger partial charge in [-0.1, -0.05) is 19.3 Å². The molecule has 2 aromatic rings. The van der Waals surface area contributed by atoms with E-state index in [2.05, 4.69) is 11.1 Å². The van der Waals surface area contributed by atoms with Crippen LogP contribution in [0.3, 0.4) is 0 Å². The number of carbonyl (C=O) groups excluding carboxylic acids is 1. The number of imidazole rings is 1. The van der Waals surface area contributed by atoms with E-state index in [0.717, 1.165) is 23.1 Å². The SMILES string of the molecule is COc1cc(C2CCCCC2)c2nc(C=O)n(C)c2c1. The molecule has 1 aliphatic carbocycles. The first kappa shape index (κ1) is 13.2. The number of carbonyl (C=O) groups is 1. The maximum absolute atomic E-state index is 11.1. The van der Waals surface area contributed by atoms with E-state index in [9.17, 15) is 4.79 Å².